The van der Waals surface area contributed by atoms with Gasteiger partial charge in [-0.25, -0.2) is 4.39 Å². The van der Waals surface area contributed by atoms with Crippen molar-refractivity contribution in [3.05, 3.63) is 34.5 Å². The Labute approximate surface area is 92.9 Å². The van der Waals surface area contributed by atoms with E-state index in [9.17, 15) is 4.39 Å². The molecule has 1 nitrogen and oxygen atoms in total. The number of hydrogen-bond donors (Lipinski definition) is 0. The average molecular weight is 270 g/mol. The SMILES string of the molecule is N#Cc1cc2scc(F)c2cc1CBr. The number of nitrogens with zero attached hydrogens (tertiary/aromatic N) is 1. The van der Waals surface area contributed by atoms with E-state index in [1.807, 2.05) is 0 Å². The Kier molecular flexibility index (Phi) is 2.53. The molecule has 0 bridgehead atoms. The maximum absolute atomic E-state index is 13.2. The molecule has 1 aromatic heterocycles. The fourth-order valence-electron chi connectivity index (χ4n) is 1.30. The quantitative estimate of drug-likeness (QED) is 0.723. The van der Waals surface area contributed by atoms with E-state index in [0.29, 0.717) is 16.3 Å². The van der Waals surface area contributed by atoms with Crippen LogP contribution in [0.2, 0.25) is 0 Å². The largest absolute Gasteiger partial charge is 0.205 e. The summed E-state index contributed by atoms with van der Waals surface area (Å²) < 4.78 is 14.0. The molecular weight excluding hydrogens is 265 g/mol. The normalized spacial score (nSPS) is 10.4. The van der Waals surface area contributed by atoms with Crippen molar-refractivity contribution in [3.8, 4) is 6.07 Å². The third-order valence-corrected chi connectivity index (χ3v) is 3.54. The Balaban J connectivity index is 2.79. The van der Waals surface area contributed by atoms with Crippen molar-refractivity contribution in [2.75, 3.05) is 0 Å². The molecule has 2 rings (SSSR count). The molecule has 0 aliphatic rings. The lowest BCUT2D eigenvalue weighted by molar-refractivity contribution is 0.644. The Morgan fingerprint density at radius 1 is 1.50 bits per heavy atom. The van der Waals surface area contributed by atoms with Gasteiger partial charge in [-0.1, -0.05) is 15.9 Å². The van der Waals surface area contributed by atoms with Crippen LogP contribution in [0.4, 0.5) is 4.39 Å². The lowest BCUT2D eigenvalue weighted by Gasteiger charge is -1.99. The van der Waals surface area contributed by atoms with Gasteiger partial charge in [-0.05, 0) is 17.7 Å². The van der Waals surface area contributed by atoms with Crippen LogP contribution in [0.1, 0.15) is 11.1 Å². The van der Waals surface area contributed by atoms with Crippen LogP contribution in [0, 0.1) is 17.1 Å². The van der Waals surface area contributed by atoms with E-state index in [0.717, 1.165) is 10.3 Å². The van der Waals surface area contributed by atoms with Crippen LogP contribution < -0.4 is 0 Å². The van der Waals surface area contributed by atoms with Crippen molar-refractivity contribution < 1.29 is 4.39 Å². The Bertz CT molecular complexity index is 527. The van der Waals surface area contributed by atoms with Gasteiger partial charge in [0.25, 0.3) is 0 Å². The number of benzene rings is 1. The van der Waals surface area contributed by atoms with Gasteiger partial charge < -0.3 is 0 Å². The summed E-state index contributed by atoms with van der Waals surface area (Å²) in [6.45, 7) is 0. The summed E-state index contributed by atoms with van der Waals surface area (Å²) in [5, 5.41) is 11.5. The monoisotopic (exact) mass is 269 g/mol. The number of nitriles is 1. The maximum Gasteiger partial charge on any atom is 0.141 e. The van der Waals surface area contributed by atoms with Crippen LogP contribution >= 0.6 is 27.3 Å². The molecule has 0 fully saturated rings. The molecule has 0 saturated heterocycles. The minimum absolute atomic E-state index is 0.211. The van der Waals surface area contributed by atoms with Crippen LogP contribution in [0.3, 0.4) is 0 Å². The molecule has 0 atom stereocenters. The van der Waals surface area contributed by atoms with Gasteiger partial charge >= 0.3 is 0 Å². The third kappa shape index (κ3) is 1.43. The number of hydrogen-bond acceptors (Lipinski definition) is 2. The molecule has 0 amide bonds. The molecule has 0 radical (unpaired) electrons. The summed E-state index contributed by atoms with van der Waals surface area (Å²) in [7, 11) is 0. The number of halogens is 2. The van der Waals surface area contributed by atoms with Gasteiger partial charge in [0, 0.05) is 20.8 Å². The van der Waals surface area contributed by atoms with Gasteiger partial charge in [0.15, 0.2) is 0 Å². The molecule has 0 N–H and O–H groups in total. The lowest BCUT2D eigenvalue weighted by atomic mass is 10.1. The maximum atomic E-state index is 13.2. The first-order valence-electron chi connectivity index (χ1n) is 3.92. The Hall–Kier alpha value is -0.920. The first-order chi connectivity index (χ1) is 6.76. The molecule has 1 aromatic carbocycles. The molecule has 70 valence electrons. The van der Waals surface area contributed by atoms with Crippen LogP contribution in [-0.2, 0) is 5.33 Å². The molecule has 0 saturated carbocycles. The molecule has 1 heterocycles. The number of thiophene rings is 1. The van der Waals surface area contributed by atoms with E-state index < -0.39 is 0 Å². The first kappa shape index (κ1) is 9.63. The van der Waals surface area contributed by atoms with E-state index >= 15 is 0 Å². The molecule has 14 heavy (non-hydrogen) atoms. The summed E-state index contributed by atoms with van der Waals surface area (Å²) in [4.78, 5) is 0. The fourth-order valence-corrected chi connectivity index (χ4v) is 2.59. The zero-order valence-corrected chi connectivity index (χ0v) is 9.45. The van der Waals surface area contributed by atoms with Crippen LogP contribution in [-0.4, -0.2) is 0 Å². The number of alkyl halides is 1. The van der Waals surface area contributed by atoms with Crippen molar-refractivity contribution in [1.29, 1.82) is 5.26 Å². The van der Waals surface area contributed by atoms with Crippen LogP contribution in [0.15, 0.2) is 17.5 Å². The third-order valence-electron chi connectivity index (χ3n) is 2.02. The lowest BCUT2D eigenvalue weighted by Crippen LogP contribution is -1.85. The summed E-state index contributed by atoms with van der Waals surface area (Å²) >= 11 is 4.60. The molecule has 0 aliphatic heterocycles. The van der Waals surface area contributed by atoms with Gasteiger partial charge in [-0.3, -0.25) is 0 Å². The first-order valence-corrected chi connectivity index (χ1v) is 5.92. The summed E-state index contributed by atoms with van der Waals surface area (Å²) in [6, 6.07) is 5.57. The predicted molar refractivity (Wildman–Crippen MR) is 59.1 cm³/mol. The highest BCUT2D eigenvalue weighted by Crippen LogP contribution is 2.28. The highest BCUT2D eigenvalue weighted by Gasteiger charge is 2.08. The van der Waals surface area contributed by atoms with E-state index in [1.165, 1.54) is 16.7 Å². The molecule has 4 heteroatoms. The second-order valence-electron chi connectivity index (χ2n) is 2.83. The summed E-state index contributed by atoms with van der Waals surface area (Å²) in [5.74, 6) is -0.211. The minimum atomic E-state index is -0.211. The summed E-state index contributed by atoms with van der Waals surface area (Å²) in [5.41, 5.74) is 1.44. The number of fused-ring (bicyclic) bond motifs is 1. The van der Waals surface area contributed by atoms with Gasteiger partial charge in [0.05, 0.1) is 11.6 Å². The van der Waals surface area contributed by atoms with Gasteiger partial charge in [-0.2, -0.15) is 5.26 Å². The molecule has 0 aliphatic carbocycles. The molecular formula is C10H5BrFNS. The van der Waals surface area contributed by atoms with E-state index in [4.69, 9.17) is 5.26 Å². The Morgan fingerprint density at radius 3 is 2.93 bits per heavy atom. The standard InChI is InChI=1S/C10H5BrFNS/c11-3-6-1-8-9(12)5-14-10(8)2-7(6)4-13/h1-2,5H,3H2. The molecule has 2 aromatic rings. The van der Waals surface area contributed by atoms with Gasteiger partial charge in [0.1, 0.15) is 5.82 Å². The zero-order chi connectivity index (χ0) is 10.1. The van der Waals surface area contributed by atoms with Crippen molar-refractivity contribution in [2.24, 2.45) is 0 Å². The highest BCUT2D eigenvalue weighted by molar-refractivity contribution is 9.08. The van der Waals surface area contributed by atoms with Crippen LogP contribution in [0.5, 0.6) is 0 Å². The zero-order valence-electron chi connectivity index (χ0n) is 7.05. The Morgan fingerprint density at radius 2 is 2.29 bits per heavy atom. The smallest absolute Gasteiger partial charge is 0.141 e. The van der Waals surface area contributed by atoms with Gasteiger partial charge in [0.2, 0.25) is 0 Å². The minimum Gasteiger partial charge on any atom is -0.205 e. The van der Waals surface area contributed by atoms with Crippen molar-refractivity contribution in [2.45, 2.75) is 5.33 Å². The summed E-state index contributed by atoms with van der Waals surface area (Å²) in [6.07, 6.45) is 0. The van der Waals surface area contributed by atoms with Gasteiger partial charge in [-0.15, -0.1) is 11.3 Å². The predicted octanol–water partition coefficient (Wildman–Crippen LogP) is 3.81. The second kappa shape index (κ2) is 3.68. The number of rotatable bonds is 1. The van der Waals surface area contributed by atoms with Crippen molar-refractivity contribution >= 4 is 37.4 Å². The molecule has 0 unspecified atom stereocenters. The topological polar surface area (TPSA) is 23.8 Å². The molecule has 0 spiro atoms. The highest BCUT2D eigenvalue weighted by atomic mass is 79.9. The van der Waals surface area contributed by atoms with Crippen LogP contribution in [0.25, 0.3) is 10.1 Å². The average Bonchev–Trinajstić information content (AvgIpc) is 2.58. The van der Waals surface area contributed by atoms with E-state index in [2.05, 4.69) is 22.0 Å². The van der Waals surface area contributed by atoms with E-state index in [-0.39, 0.29) is 5.82 Å². The van der Waals surface area contributed by atoms with E-state index in [1.54, 1.807) is 12.1 Å². The second-order valence-corrected chi connectivity index (χ2v) is 4.31. The van der Waals surface area contributed by atoms with Crippen molar-refractivity contribution in [1.82, 2.24) is 0 Å². The fraction of sp³-hybridized carbons (Fsp3) is 0.100. The van der Waals surface area contributed by atoms with Crippen molar-refractivity contribution in [3.63, 3.8) is 0 Å².